The number of rotatable bonds is 6. The number of hydrogen-bond acceptors (Lipinski definition) is 6. The molecule has 0 unspecified atom stereocenters. The molecule has 0 atom stereocenters. The fourth-order valence-corrected chi connectivity index (χ4v) is 3.63. The van der Waals surface area contributed by atoms with Crippen LogP contribution in [0.3, 0.4) is 0 Å². The lowest BCUT2D eigenvalue weighted by atomic mass is 10.0. The van der Waals surface area contributed by atoms with Crippen LogP contribution in [-0.4, -0.2) is 36.1 Å². The van der Waals surface area contributed by atoms with Crippen molar-refractivity contribution >= 4 is 11.4 Å². The normalized spacial score (nSPS) is 15.0. The summed E-state index contributed by atoms with van der Waals surface area (Å²) in [6.07, 6.45) is 1.86. The third-order valence-corrected chi connectivity index (χ3v) is 5.24. The predicted molar refractivity (Wildman–Crippen MR) is 107 cm³/mol. The Morgan fingerprint density at radius 3 is 2.68 bits per heavy atom. The molecule has 1 saturated heterocycles. The van der Waals surface area contributed by atoms with Gasteiger partial charge in [0.1, 0.15) is 5.75 Å². The molecule has 2 aromatic carbocycles. The Balaban J connectivity index is 1.64. The number of anilines is 1. The maximum atomic E-state index is 11.3. The van der Waals surface area contributed by atoms with Crippen molar-refractivity contribution in [2.45, 2.75) is 32.4 Å². The summed E-state index contributed by atoms with van der Waals surface area (Å²) in [6, 6.07) is 13.3. The molecule has 1 N–H and O–H groups in total. The number of hydrogen-bond donors (Lipinski definition) is 1. The van der Waals surface area contributed by atoms with E-state index in [-0.39, 0.29) is 11.7 Å². The number of nitrogens with zero attached hydrogens (tertiary/aromatic N) is 3. The standard InChI is InChI=1S/C21H24N4O3/c1-15-19(11-16(13-22)12-20(15)25(26)27)23-18-7-9-24(10-8-18)14-17-5-3-4-6-21(17)28-2/h3-6,11-12,18,23H,7-10,14H2,1-2H3. The van der Waals surface area contributed by atoms with Crippen LogP contribution < -0.4 is 10.1 Å². The van der Waals surface area contributed by atoms with Gasteiger partial charge in [0.05, 0.1) is 23.7 Å². The van der Waals surface area contributed by atoms with Crippen LogP contribution in [0.2, 0.25) is 0 Å². The summed E-state index contributed by atoms with van der Waals surface area (Å²) in [4.78, 5) is 13.2. The second-order valence-electron chi connectivity index (χ2n) is 7.04. The first-order chi connectivity index (χ1) is 13.5. The van der Waals surface area contributed by atoms with Crippen molar-refractivity contribution in [1.29, 1.82) is 5.26 Å². The number of piperidine rings is 1. The molecule has 1 aliphatic rings. The summed E-state index contributed by atoms with van der Waals surface area (Å²) in [5.41, 5.74) is 2.70. The average Bonchev–Trinajstić information content (AvgIpc) is 2.71. The van der Waals surface area contributed by atoms with E-state index in [4.69, 9.17) is 10.00 Å². The van der Waals surface area contributed by atoms with Gasteiger partial charge in [-0.05, 0) is 31.9 Å². The molecule has 3 rings (SSSR count). The van der Waals surface area contributed by atoms with Crippen molar-refractivity contribution in [2.24, 2.45) is 0 Å². The molecule has 0 radical (unpaired) electrons. The van der Waals surface area contributed by atoms with Crippen molar-refractivity contribution in [3.63, 3.8) is 0 Å². The lowest BCUT2D eigenvalue weighted by molar-refractivity contribution is -0.385. The first kappa shape index (κ1) is 19.6. The maximum absolute atomic E-state index is 11.3. The topological polar surface area (TPSA) is 91.4 Å². The van der Waals surface area contributed by atoms with Gasteiger partial charge in [-0.15, -0.1) is 0 Å². The zero-order valence-corrected chi connectivity index (χ0v) is 16.1. The fourth-order valence-electron chi connectivity index (χ4n) is 3.63. The SMILES string of the molecule is COc1ccccc1CN1CCC(Nc2cc(C#N)cc([N+](=O)[O-])c2C)CC1. The highest BCUT2D eigenvalue weighted by atomic mass is 16.6. The van der Waals surface area contributed by atoms with Crippen LogP contribution in [0.25, 0.3) is 0 Å². The van der Waals surface area contributed by atoms with Gasteiger partial charge in [0, 0.05) is 48.6 Å². The monoisotopic (exact) mass is 380 g/mol. The minimum Gasteiger partial charge on any atom is -0.496 e. The third kappa shape index (κ3) is 4.41. The van der Waals surface area contributed by atoms with Crippen molar-refractivity contribution in [1.82, 2.24) is 4.90 Å². The number of nitro benzene ring substituents is 1. The Hall–Kier alpha value is -3.11. The summed E-state index contributed by atoms with van der Waals surface area (Å²) >= 11 is 0. The number of methoxy groups -OCH3 is 1. The van der Waals surface area contributed by atoms with Gasteiger partial charge in [-0.3, -0.25) is 15.0 Å². The van der Waals surface area contributed by atoms with E-state index in [1.807, 2.05) is 24.3 Å². The molecule has 28 heavy (non-hydrogen) atoms. The molecule has 0 aliphatic carbocycles. The van der Waals surface area contributed by atoms with Crippen LogP contribution in [0, 0.1) is 28.4 Å². The van der Waals surface area contributed by atoms with E-state index in [9.17, 15) is 10.1 Å². The van der Waals surface area contributed by atoms with Gasteiger partial charge < -0.3 is 10.1 Å². The van der Waals surface area contributed by atoms with Gasteiger partial charge in [0.25, 0.3) is 5.69 Å². The smallest absolute Gasteiger partial charge is 0.275 e. The van der Waals surface area contributed by atoms with E-state index in [1.54, 1.807) is 20.1 Å². The number of likely N-dealkylation sites (tertiary alicyclic amines) is 1. The van der Waals surface area contributed by atoms with Crippen LogP contribution >= 0.6 is 0 Å². The Labute approximate surface area is 164 Å². The number of ether oxygens (including phenoxy) is 1. The lowest BCUT2D eigenvalue weighted by Gasteiger charge is -2.33. The predicted octanol–water partition coefficient (Wildman–Crippen LogP) is 3.86. The summed E-state index contributed by atoms with van der Waals surface area (Å²) < 4.78 is 5.43. The van der Waals surface area contributed by atoms with Crippen molar-refractivity contribution in [2.75, 3.05) is 25.5 Å². The minimum atomic E-state index is -0.433. The maximum Gasteiger partial charge on any atom is 0.275 e. The Bertz CT molecular complexity index is 899. The Morgan fingerprint density at radius 2 is 2.04 bits per heavy atom. The highest BCUT2D eigenvalue weighted by Gasteiger charge is 2.23. The number of nitriles is 1. The molecule has 7 nitrogen and oxygen atoms in total. The van der Waals surface area contributed by atoms with Crippen LogP contribution in [0.4, 0.5) is 11.4 Å². The number of para-hydroxylation sites is 1. The second kappa shape index (κ2) is 8.72. The minimum absolute atomic E-state index is 0.0184. The van der Waals surface area contributed by atoms with E-state index in [0.29, 0.717) is 16.8 Å². The van der Waals surface area contributed by atoms with Crippen LogP contribution in [-0.2, 0) is 6.54 Å². The molecule has 1 heterocycles. The third-order valence-electron chi connectivity index (χ3n) is 5.24. The number of nitrogens with one attached hydrogen (secondary N) is 1. The summed E-state index contributed by atoms with van der Waals surface area (Å²) in [7, 11) is 1.69. The molecular formula is C21H24N4O3. The molecule has 0 bridgehead atoms. The van der Waals surface area contributed by atoms with Gasteiger partial charge in [-0.25, -0.2) is 0 Å². The molecule has 0 amide bonds. The number of benzene rings is 2. The summed E-state index contributed by atoms with van der Waals surface area (Å²) in [6.45, 7) is 4.41. The van der Waals surface area contributed by atoms with Crippen LogP contribution in [0.5, 0.6) is 5.75 Å². The largest absolute Gasteiger partial charge is 0.496 e. The molecular weight excluding hydrogens is 356 g/mol. The first-order valence-corrected chi connectivity index (χ1v) is 9.31. The quantitative estimate of drug-likeness (QED) is 0.604. The van der Waals surface area contributed by atoms with E-state index in [2.05, 4.69) is 16.3 Å². The summed E-state index contributed by atoms with van der Waals surface area (Å²) in [5, 5.41) is 23.8. The van der Waals surface area contributed by atoms with Gasteiger partial charge in [0.2, 0.25) is 0 Å². The van der Waals surface area contributed by atoms with E-state index in [1.165, 1.54) is 11.6 Å². The van der Waals surface area contributed by atoms with Gasteiger partial charge in [-0.1, -0.05) is 18.2 Å². The highest BCUT2D eigenvalue weighted by molar-refractivity contribution is 5.64. The molecule has 2 aromatic rings. The van der Waals surface area contributed by atoms with E-state index >= 15 is 0 Å². The van der Waals surface area contributed by atoms with Gasteiger partial charge >= 0.3 is 0 Å². The average molecular weight is 380 g/mol. The molecule has 146 valence electrons. The highest BCUT2D eigenvalue weighted by Crippen LogP contribution is 2.29. The van der Waals surface area contributed by atoms with Gasteiger partial charge in [0.15, 0.2) is 0 Å². The first-order valence-electron chi connectivity index (χ1n) is 9.31. The fraction of sp³-hybridized carbons (Fsp3) is 0.381. The van der Waals surface area contributed by atoms with Crippen molar-refractivity contribution < 1.29 is 9.66 Å². The molecule has 7 heteroatoms. The molecule has 1 aliphatic heterocycles. The van der Waals surface area contributed by atoms with Gasteiger partial charge in [-0.2, -0.15) is 5.26 Å². The molecule has 0 aromatic heterocycles. The number of nitro groups is 1. The molecule has 1 fully saturated rings. The van der Waals surface area contributed by atoms with Crippen molar-refractivity contribution in [3.8, 4) is 11.8 Å². The molecule has 0 spiro atoms. The van der Waals surface area contributed by atoms with Crippen molar-refractivity contribution in [3.05, 3.63) is 63.2 Å². The van der Waals surface area contributed by atoms with Crippen LogP contribution in [0.15, 0.2) is 36.4 Å². The zero-order valence-electron chi connectivity index (χ0n) is 16.1. The lowest BCUT2D eigenvalue weighted by Crippen LogP contribution is -2.38. The zero-order chi connectivity index (χ0) is 20.1. The van der Waals surface area contributed by atoms with Crippen LogP contribution in [0.1, 0.15) is 29.5 Å². The Kier molecular flexibility index (Phi) is 6.12. The van der Waals surface area contributed by atoms with E-state index < -0.39 is 4.92 Å². The second-order valence-corrected chi connectivity index (χ2v) is 7.04. The molecule has 0 saturated carbocycles. The van der Waals surface area contributed by atoms with E-state index in [0.717, 1.165) is 38.2 Å². The Morgan fingerprint density at radius 1 is 1.32 bits per heavy atom. The summed E-state index contributed by atoms with van der Waals surface area (Å²) in [5.74, 6) is 0.902.